The highest BCUT2D eigenvalue weighted by Gasteiger charge is 2.16. The van der Waals surface area contributed by atoms with Crippen molar-refractivity contribution in [1.82, 2.24) is 0 Å². The van der Waals surface area contributed by atoms with Gasteiger partial charge in [-0.15, -0.1) is 0 Å². The Morgan fingerprint density at radius 2 is 1.54 bits per heavy atom. The van der Waals surface area contributed by atoms with Crippen molar-refractivity contribution < 1.29 is 18.9 Å². The summed E-state index contributed by atoms with van der Waals surface area (Å²) in [5, 5.41) is 2.25. The highest BCUT2D eigenvalue weighted by Crippen LogP contribution is 2.29. The predicted octanol–water partition coefficient (Wildman–Crippen LogP) is 4.74. The minimum Gasteiger partial charge on any atom is -0.491 e. The third-order valence-electron chi connectivity index (χ3n) is 5.22. The fourth-order valence-corrected chi connectivity index (χ4v) is 3.70. The molecule has 26 heavy (non-hydrogen) atoms. The van der Waals surface area contributed by atoms with Crippen LogP contribution in [0.4, 0.5) is 0 Å². The molecule has 0 N–H and O–H groups in total. The number of ether oxygens (including phenoxy) is 4. The number of rotatable bonds is 6. The molecule has 4 nitrogen and oxygen atoms in total. The second-order valence-corrected chi connectivity index (χ2v) is 7.24. The predicted molar refractivity (Wildman–Crippen MR) is 102 cm³/mol. The molecule has 0 aliphatic carbocycles. The van der Waals surface area contributed by atoms with Crippen LogP contribution in [0.2, 0.25) is 0 Å². The van der Waals surface area contributed by atoms with Crippen molar-refractivity contribution in [1.29, 1.82) is 0 Å². The van der Waals surface area contributed by atoms with Gasteiger partial charge in [-0.1, -0.05) is 12.1 Å². The third kappa shape index (κ3) is 4.49. The average molecular weight is 356 g/mol. The normalized spacial score (nSPS) is 23.7. The summed E-state index contributed by atoms with van der Waals surface area (Å²) in [5.74, 6) is 1.80. The van der Waals surface area contributed by atoms with Crippen LogP contribution < -0.4 is 9.47 Å². The smallest absolute Gasteiger partial charge is 0.127 e. The van der Waals surface area contributed by atoms with E-state index in [9.17, 15) is 0 Å². The van der Waals surface area contributed by atoms with Gasteiger partial charge in [-0.3, -0.25) is 0 Å². The van der Waals surface area contributed by atoms with Gasteiger partial charge in [-0.05, 0) is 68.2 Å². The summed E-state index contributed by atoms with van der Waals surface area (Å²) < 4.78 is 23.5. The minimum atomic E-state index is 0.220. The molecule has 2 aromatic rings. The molecule has 2 heterocycles. The van der Waals surface area contributed by atoms with Crippen molar-refractivity contribution >= 4 is 10.8 Å². The molecule has 140 valence electrons. The summed E-state index contributed by atoms with van der Waals surface area (Å²) in [6, 6.07) is 12.4. The molecule has 4 heteroatoms. The Balaban J connectivity index is 1.39. The van der Waals surface area contributed by atoms with Gasteiger partial charge in [0, 0.05) is 18.6 Å². The molecule has 2 aromatic carbocycles. The molecule has 2 unspecified atom stereocenters. The molecule has 2 atom stereocenters. The Morgan fingerprint density at radius 3 is 2.23 bits per heavy atom. The van der Waals surface area contributed by atoms with Crippen LogP contribution in [0.1, 0.15) is 38.5 Å². The first kappa shape index (κ1) is 17.6. The van der Waals surface area contributed by atoms with Gasteiger partial charge in [0.25, 0.3) is 0 Å². The van der Waals surface area contributed by atoms with Gasteiger partial charge in [-0.2, -0.15) is 0 Å². The van der Waals surface area contributed by atoms with E-state index in [0.717, 1.165) is 48.3 Å². The van der Waals surface area contributed by atoms with Crippen LogP contribution in [0.5, 0.6) is 11.5 Å². The summed E-state index contributed by atoms with van der Waals surface area (Å²) in [4.78, 5) is 0. The molecule has 0 aromatic heterocycles. The van der Waals surface area contributed by atoms with E-state index in [2.05, 4.69) is 18.2 Å². The van der Waals surface area contributed by atoms with Crippen LogP contribution in [0, 0.1) is 0 Å². The van der Waals surface area contributed by atoms with Crippen molar-refractivity contribution in [2.45, 2.75) is 50.7 Å². The Bertz CT molecular complexity index is 702. The van der Waals surface area contributed by atoms with E-state index in [0.29, 0.717) is 13.2 Å². The van der Waals surface area contributed by atoms with Crippen molar-refractivity contribution in [3.8, 4) is 11.5 Å². The van der Waals surface area contributed by atoms with Crippen molar-refractivity contribution in [3.63, 3.8) is 0 Å². The lowest BCUT2D eigenvalue weighted by atomic mass is 10.1. The van der Waals surface area contributed by atoms with E-state index in [-0.39, 0.29) is 12.2 Å². The quantitative estimate of drug-likeness (QED) is 0.749. The van der Waals surface area contributed by atoms with E-state index >= 15 is 0 Å². The maximum atomic E-state index is 6.07. The zero-order valence-electron chi connectivity index (χ0n) is 15.3. The highest BCUT2D eigenvalue weighted by molar-refractivity contribution is 5.89. The molecule has 0 bridgehead atoms. The molecule has 2 aliphatic heterocycles. The number of benzene rings is 2. The molecule has 2 fully saturated rings. The molecule has 2 saturated heterocycles. The lowest BCUT2D eigenvalue weighted by Crippen LogP contribution is -2.25. The van der Waals surface area contributed by atoms with Crippen LogP contribution in [0.15, 0.2) is 36.4 Å². The fraction of sp³-hybridized carbons (Fsp3) is 0.545. The van der Waals surface area contributed by atoms with Gasteiger partial charge in [0.1, 0.15) is 24.7 Å². The van der Waals surface area contributed by atoms with Gasteiger partial charge in [-0.25, -0.2) is 0 Å². The summed E-state index contributed by atoms with van der Waals surface area (Å²) in [5.41, 5.74) is 0. The summed E-state index contributed by atoms with van der Waals surface area (Å²) >= 11 is 0. The van der Waals surface area contributed by atoms with E-state index in [4.69, 9.17) is 18.9 Å². The number of fused-ring (bicyclic) bond motifs is 1. The van der Waals surface area contributed by atoms with Crippen LogP contribution in [-0.4, -0.2) is 38.6 Å². The van der Waals surface area contributed by atoms with Crippen LogP contribution in [-0.2, 0) is 9.47 Å². The van der Waals surface area contributed by atoms with E-state index in [1.165, 1.54) is 25.7 Å². The zero-order valence-corrected chi connectivity index (χ0v) is 15.3. The fourth-order valence-electron chi connectivity index (χ4n) is 3.70. The van der Waals surface area contributed by atoms with Gasteiger partial charge in [0.2, 0.25) is 0 Å². The second kappa shape index (κ2) is 8.74. The van der Waals surface area contributed by atoms with Gasteiger partial charge in [0.05, 0.1) is 12.2 Å². The van der Waals surface area contributed by atoms with Crippen molar-refractivity contribution in [2.75, 3.05) is 26.4 Å². The van der Waals surface area contributed by atoms with Crippen LogP contribution in [0.25, 0.3) is 10.8 Å². The molecule has 0 saturated carbocycles. The summed E-state index contributed by atoms with van der Waals surface area (Å²) in [6.07, 6.45) is 7.43. The lowest BCUT2D eigenvalue weighted by molar-refractivity contribution is -0.0110. The maximum absolute atomic E-state index is 6.07. The van der Waals surface area contributed by atoms with Gasteiger partial charge < -0.3 is 18.9 Å². The zero-order chi connectivity index (χ0) is 17.6. The van der Waals surface area contributed by atoms with E-state index in [1.54, 1.807) is 0 Å². The lowest BCUT2D eigenvalue weighted by Gasteiger charge is -2.23. The standard InChI is InChI=1S/C22H28O4/c1-3-12-23-19(7-1)15-25-18-10-11-21-17(14-18)6-5-9-22(21)26-16-20-8-2-4-13-24-20/h5-6,9-11,14,19-20H,1-4,7-8,12-13,15-16H2. The van der Waals surface area contributed by atoms with Crippen LogP contribution >= 0.6 is 0 Å². The molecule has 0 radical (unpaired) electrons. The van der Waals surface area contributed by atoms with Crippen molar-refractivity contribution in [3.05, 3.63) is 36.4 Å². The average Bonchev–Trinajstić information content (AvgIpc) is 2.72. The van der Waals surface area contributed by atoms with E-state index < -0.39 is 0 Å². The maximum Gasteiger partial charge on any atom is 0.127 e. The second-order valence-electron chi connectivity index (χ2n) is 7.24. The molecule has 0 amide bonds. The molecule has 0 spiro atoms. The summed E-state index contributed by atoms with van der Waals surface area (Å²) in [7, 11) is 0. The minimum absolute atomic E-state index is 0.220. The van der Waals surface area contributed by atoms with Crippen molar-refractivity contribution in [2.24, 2.45) is 0 Å². The number of hydrogen-bond donors (Lipinski definition) is 0. The Hall–Kier alpha value is -1.78. The third-order valence-corrected chi connectivity index (χ3v) is 5.22. The first-order valence-electron chi connectivity index (χ1n) is 9.90. The highest BCUT2D eigenvalue weighted by atomic mass is 16.5. The largest absolute Gasteiger partial charge is 0.491 e. The number of hydrogen-bond acceptors (Lipinski definition) is 4. The van der Waals surface area contributed by atoms with Gasteiger partial charge >= 0.3 is 0 Å². The molecule has 2 aliphatic rings. The van der Waals surface area contributed by atoms with E-state index in [1.807, 2.05) is 18.2 Å². The SMILES string of the molecule is c1cc(OCC2CCCCO2)c2ccc(OCC3CCCCO3)cc2c1. The van der Waals surface area contributed by atoms with Crippen LogP contribution in [0.3, 0.4) is 0 Å². The Kier molecular flexibility index (Phi) is 5.92. The van der Waals surface area contributed by atoms with Gasteiger partial charge in [0.15, 0.2) is 0 Å². The topological polar surface area (TPSA) is 36.9 Å². The monoisotopic (exact) mass is 356 g/mol. The molecular formula is C22H28O4. The Morgan fingerprint density at radius 1 is 0.808 bits per heavy atom. The summed E-state index contributed by atoms with van der Waals surface area (Å²) in [6.45, 7) is 2.96. The molecule has 4 rings (SSSR count). The Labute approximate surface area is 155 Å². The first-order valence-corrected chi connectivity index (χ1v) is 9.90. The molecular weight excluding hydrogens is 328 g/mol. The first-order chi connectivity index (χ1) is 12.9.